The van der Waals surface area contributed by atoms with Gasteiger partial charge in [0.05, 0.1) is 12.7 Å². The molecule has 0 bridgehead atoms. The predicted molar refractivity (Wildman–Crippen MR) is 98.2 cm³/mol. The molecule has 1 aromatic heterocycles. The summed E-state index contributed by atoms with van der Waals surface area (Å²) in [4.78, 5) is 14.5. The van der Waals surface area contributed by atoms with Crippen molar-refractivity contribution < 1.29 is 4.79 Å². The fourth-order valence-corrected chi connectivity index (χ4v) is 3.32. The molecule has 0 unspecified atom stereocenters. The lowest BCUT2D eigenvalue weighted by atomic mass is 10.1. The van der Waals surface area contributed by atoms with Crippen molar-refractivity contribution >= 4 is 6.03 Å². The van der Waals surface area contributed by atoms with Gasteiger partial charge in [0.15, 0.2) is 0 Å². The molecule has 1 saturated heterocycles. The Morgan fingerprint density at radius 1 is 1.28 bits per heavy atom. The zero-order valence-corrected chi connectivity index (χ0v) is 15.0. The molecular formula is C19H27N5O. The van der Waals surface area contributed by atoms with Crippen LogP contribution in [0.3, 0.4) is 0 Å². The zero-order chi connectivity index (χ0) is 17.6. The van der Waals surface area contributed by atoms with E-state index in [-0.39, 0.29) is 12.1 Å². The Bertz CT molecular complexity index is 684. The number of likely N-dealkylation sites (tertiary alicyclic amines) is 1. The minimum Gasteiger partial charge on any atom is -0.336 e. The van der Waals surface area contributed by atoms with E-state index in [9.17, 15) is 4.79 Å². The van der Waals surface area contributed by atoms with E-state index in [1.165, 1.54) is 5.56 Å². The molecule has 6 nitrogen and oxygen atoms in total. The lowest BCUT2D eigenvalue weighted by molar-refractivity contribution is 0.234. The fraction of sp³-hybridized carbons (Fsp3) is 0.474. The first kappa shape index (κ1) is 17.5. The first-order chi connectivity index (χ1) is 12.1. The largest absolute Gasteiger partial charge is 0.336 e. The Morgan fingerprint density at radius 2 is 2.08 bits per heavy atom. The molecule has 0 radical (unpaired) electrons. The monoisotopic (exact) mass is 341 g/mol. The number of nitrogens with one attached hydrogen (secondary N) is 2. The highest BCUT2D eigenvalue weighted by Crippen LogP contribution is 2.18. The van der Waals surface area contributed by atoms with Crippen LogP contribution < -0.4 is 10.6 Å². The summed E-state index contributed by atoms with van der Waals surface area (Å²) in [5.74, 6) is 0.447. The Labute approximate surface area is 149 Å². The normalized spacial score (nSPS) is 20.6. The average molecular weight is 341 g/mol. The third-order valence-corrected chi connectivity index (χ3v) is 4.64. The van der Waals surface area contributed by atoms with Crippen LogP contribution in [0, 0.1) is 12.8 Å². The van der Waals surface area contributed by atoms with Crippen molar-refractivity contribution in [3.63, 3.8) is 0 Å². The molecule has 2 amide bonds. The van der Waals surface area contributed by atoms with Crippen molar-refractivity contribution in [2.45, 2.75) is 33.0 Å². The Hall–Kier alpha value is -2.34. The number of aromatic nitrogens is 2. The highest BCUT2D eigenvalue weighted by molar-refractivity contribution is 5.74. The highest BCUT2D eigenvalue weighted by Gasteiger charge is 2.30. The van der Waals surface area contributed by atoms with E-state index in [0.29, 0.717) is 19.0 Å². The molecule has 1 aliphatic heterocycles. The summed E-state index contributed by atoms with van der Waals surface area (Å²) >= 11 is 0. The van der Waals surface area contributed by atoms with Crippen LogP contribution >= 0.6 is 0 Å². The van der Waals surface area contributed by atoms with Gasteiger partial charge in [-0.05, 0) is 24.0 Å². The third kappa shape index (κ3) is 5.06. The van der Waals surface area contributed by atoms with Gasteiger partial charge in [-0.2, -0.15) is 5.10 Å². The van der Waals surface area contributed by atoms with E-state index in [4.69, 9.17) is 0 Å². The van der Waals surface area contributed by atoms with E-state index in [0.717, 1.165) is 25.2 Å². The van der Waals surface area contributed by atoms with Gasteiger partial charge in [0, 0.05) is 38.4 Å². The minimum atomic E-state index is -0.0951. The van der Waals surface area contributed by atoms with Gasteiger partial charge in [0.2, 0.25) is 0 Å². The molecule has 2 heterocycles. The van der Waals surface area contributed by atoms with Gasteiger partial charge in [0.1, 0.15) is 0 Å². The summed E-state index contributed by atoms with van der Waals surface area (Å²) in [5, 5.41) is 10.3. The Balaban J connectivity index is 1.40. The lowest BCUT2D eigenvalue weighted by Gasteiger charge is -2.18. The number of hydrogen-bond acceptors (Lipinski definition) is 3. The summed E-state index contributed by atoms with van der Waals surface area (Å²) < 4.78 is 1.84. The maximum atomic E-state index is 12.1. The number of rotatable bonds is 6. The summed E-state index contributed by atoms with van der Waals surface area (Å²) in [7, 11) is 0. The van der Waals surface area contributed by atoms with E-state index in [2.05, 4.69) is 51.8 Å². The molecule has 2 N–H and O–H groups in total. The number of aryl methyl sites for hydroxylation is 1. The van der Waals surface area contributed by atoms with Gasteiger partial charge in [-0.15, -0.1) is 0 Å². The van der Waals surface area contributed by atoms with Gasteiger partial charge in [-0.3, -0.25) is 9.58 Å². The van der Waals surface area contributed by atoms with Gasteiger partial charge < -0.3 is 10.6 Å². The number of urea groups is 1. The van der Waals surface area contributed by atoms with Crippen LogP contribution in [0.4, 0.5) is 4.79 Å². The van der Waals surface area contributed by atoms with Crippen molar-refractivity contribution in [2.24, 2.45) is 5.92 Å². The van der Waals surface area contributed by atoms with E-state index in [1.54, 1.807) is 0 Å². The topological polar surface area (TPSA) is 62.2 Å². The number of benzene rings is 1. The molecule has 6 heteroatoms. The zero-order valence-electron chi connectivity index (χ0n) is 15.0. The van der Waals surface area contributed by atoms with Crippen LogP contribution in [0.25, 0.3) is 0 Å². The highest BCUT2D eigenvalue weighted by atomic mass is 16.2. The number of amides is 2. The number of carbonyl (C=O) groups excluding carboxylic acids is 1. The predicted octanol–water partition coefficient (Wildman–Crippen LogP) is 2.01. The summed E-state index contributed by atoms with van der Waals surface area (Å²) in [6.45, 7) is 8.29. The van der Waals surface area contributed by atoms with Crippen molar-refractivity contribution in [3.8, 4) is 0 Å². The SMILES string of the molecule is Cc1cnn(CCNC(=O)N[C@H]2CN(Cc3ccccc3)C[C@@H]2C)c1. The second kappa shape index (κ2) is 8.16. The van der Waals surface area contributed by atoms with Crippen LogP contribution in [0.2, 0.25) is 0 Å². The molecule has 2 aromatic rings. The Morgan fingerprint density at radius 3 is 2.80 bits per heavy atom. The minimum absolute atomic E-state index is 0.0951. The quantitative estimate of drug-likeness (QED) is 0.845. The smallest absolute Gasteiger partial charge is 0.315 e. The first-order valence-electron chi connectivity index (χ1n) is 8.90. The van der Waals surface area contributed by atoms with Gasteiger partial charge in [-0.1, -0.05) is 37.3 Å². The molecule has 1 aromatic carbocycles. The average Bonchev–Trinajstić information content (AvgIpc) is 3.14. The van der Waals surface area contributed by atoms with Crippen LogP contribution in [0.15, 0.2) is 42.7 Å². The molecule has 3 rings (SSSR count). The molecule has 1 fully saturated rings. The molecule has 134 valence electrons. The lowest BCUT2D eigenvalue weighted by Crippen LogP contribution is -2.46. The molecule has 2 atom stereocenters. The number of hydrogen-bond donors (Lipinski definition) is 2. The summed E-state index contributed by atoms with van der Waals surface area (Å²) in [5.41, 5.74) is 2.44. The van der Waals surface area contributed by atoms with Crippen LogP contribution in [-0.4, -0.2) is 46.4 Å². The third-order valence-electron chi connectivity index (χ3n) is 4.64. The van der Waals surface area contributed by atoms with Crippen LogP contribution in [0.1, 0.15) is 18.1 Å². The van der Waals surface area contributed by atoms with E-state index in [1.807, 2.05) is 30.1 Å². The maximum Gasteiger partial charge on any atom is 0.315 e. The maximum absolute atomic E-state index is 12.1. The second-order valence-corrected chi connectivity index (χ2v) is 6.94. The van der Waals surface area contributed by atoms with Crippen molar-refractivity contribution in [1.82, 2.24) is 25.3 Å². The van der Waals surface area contributed by atoms with Crippen LogP contribution in [-0.2, 0) is 13.1 Å². The number of carbonyl (C=O) groups is 1. The summed E-state index contributed by atoms with van der Waals surface area (Å²) in [6.07, 6.45) is 3.79. The van der Waals surface area contributed by atoms with Gasteiger partial charge in [-0.25, -0.2) is 4.79 Å². The van der Waals surface area contributed by atoms with E-state index < -0.39 is 0 Å². The van der Waals surface area contributed by atoms with Crippen LogP contribution in [0.5, 0.6) is 0 Å². The Kier molecular flexibility index (Phi) is 5.71. The van der Waals surface area contributed by atoms with Crippen molar-refractivity contribution in [2.75, 3.05) is 19.6 Å². The number of nitrogens with zero attached hydrogens (tertiary/aromatic N) is 3. The molecule has 0 spiro atoms. The van der Waals surface area contributed by atoms with Crippen molar-refractivity contribution in [1.29, 1.82) is 0 Å². The van der Waals surface area contributed by atoms with Gasteiger partial charge >= 0.3 is 6.03 Å². The molecule has 25 heavy (non-hydrogen) atoms. The fourth-order valence-electron chi connectivity index (χ4n) is 3.32. The first-order valence-corrected chi connectivity index (χ1v) is 8.90. The molecule has 0 aliphatic carbocycles. The van der Waals surface area contributed by atoms with Crippen molar-refractivity contribution in [3.05, 3.63) is 53.9 Å². The second-order valence-electron chi connectivity index (χ2n) is 6.94. The standard InChI is InChI=1S/C19H27N5O/c1-15-10-21-24(11-15)9-8-20-19(25)22-18-14-23(12-16(18)2)13-17-6-4-3-5-7-17/h3-7,10-11,16,18H,8-9,12-14H2,1-2H3,(H2,20,22,25)/t16-,18-/m0/s1. The van der Waals surface area contributed by atoms with E-state index >= 15 is 0 Å². The molecule has 1 aliphatic rings. The van der Waals surface area contributed by atoms with Gasteiger partial charge in [0.25, 0.3) is 0 Å². The summed E-state index contributed by atoms with van der Waals surface area (Å²) in [6, 6.07) is 10.6. The molecular weight excluding hydrogens is 314 g/mol. The molecule has 0 saturated carbocycles.